The summed E-state index contributed by atoms with van der Waals surface area (Å²) in [6, 6.07) is 46.0. The van der Waals surface area contributed by atoms with Gasteiger partial charge in [-0.1, -0.05) is 0 Å². The van der Waals surface area contributed by atoms with Crippen molar-refractivity contribution in [3.63, 3.8) is 0 Å². The molecular weight excluding hydrogens is 897 g/mol. The molecule has 0 saturated carbocycles. The first kappa shape index (κ1) is 38.1. The molecule has 0 spiro atoms. The quantitative estimate of drug-likeness (QED) is 0.100. The van der Waals surface area contributed by atoms with Crippen LogP contribution in [0.5, 0.6) is 0 Å². The molecule has 277 valence electrons. The fourth-order valence-electron chi connectivity index (χ4n) is 9.31. The standard InChI is InChI=1S/2C23H19.C2H3BN2O2.2ClH.Hf/c2*1-16-8-6-12-21(17(16)2)22-13-7-11-19-14-20(15-23(19)22)18-9-4-3-5-10-18;6-1-4-3-5-2-7;;;/h2*3-15H,1-2H3;1-2H,(H-,4,5,6,7);2*1H;/q;;;;;+1/p-1. The molecule has 0 heterocycles. The number of hydrogen-bond donors (Lipinski definition) is 2. The van der Waals surface area contributed by atoms with Gasteiger partial charge in [0.2, 0.25) is 0 Å². The Morgan fingerprint density at radius 1 is 0.500 bits per heavy atom. The van der Waals surface area contributed by atoms with Gasteiger partial charge in [0, 0.05) is 0 Å². The van der Waals surface area contributed by atoms with Gasteiger partial charge in [-0.2, -0.15) is 0 Å². The van der Waals surface area contributed by atoms with E-state index in [1.165, 1.54) is 22.3 Å². The number of halogens is 2. The first-order valence-corrected chi connectivity index (χ1v) is 34.1. The van der Waals surface area contributed by atoms with E-state index in [0.29, 0.717) is 12.8 Å². The molecule has 4 nitrogen and oxygen atoms in total. The molecule has 56 heavy (non-hydrogen) atoms. The number of aryl methyl sites for hydroxylation is 2. The SMILES string of the molecule is Cc1cccc(-c2cccc3c2C=C(c2ccccc2)[CH]3[Hf]([Cl])([Cl])([B](NC=O)NC=O)[CH]2C(c3ccccc3)=Cc3c(-c4cccc(C)c4C)cccc32)c1C. The second-order valence-electron chi connectivity index (χ2n) is 15.1. The Kier molecular flexibility index (Phi) is 10.2. The van der Waals surface area contributed by atoms with Crippen molar-refractivity contribution in [2.45, 2.75) is 35.0 Å². The number of carbonyl (C=O) groups excluding carboxylic acids is 2. The zero-order valence-corrected chi connectivity index (χ0v) is 36.9. The molecule has 2 unspecified atom stereocenters. The second-order valence-corrected chi connectivity index (χ2v) is 45.6. The number of hydrogen-bond acceptors (Lipinski definition) is 2. The number of amides is 2. The van der Waals surface area contributed by atoms with Crippen LogP contribution in [0.4, 0.5) is 0 Å². The first-order chi connectivity index (χ1) is 27.1. The molecule has 0 aromatic heterocycles. The van der Waals surface area contributed by atoms with Crippen molar-refractivity contribution in [3.05, 3.63) is 189 Å². The molecule has 2 amide bonds. The Morgan fingerprint density at radius 2 is 0.875 bits per heavy atom. The molecular formula is C48H42BCl2HfN2O2. The average Bonchev–Trinajstić information content (AvgIpc) is 3.82. The topological polar surface area (TPSA) is 58.2 Å². The first-order valence-electron chi connectivity index (χ1n) is 19.0. The minimum absolute atomic E-state index is 0.560. The Hall–Kier alpha value is -4.74. The summed E-state index contributed by atoms with van der Waals surface area (Å²) in [7, 11) is 17.7. The Morgan fingerprint density at radius 3 is 1.27 bits per heavy atom. The molecule has 8 rings (SSSR count). The van der Waals surface area contributed by atoms with E-state index in [1.807, 2.05) is 36.4 Å². The van der Waals surface area contributed by atoms with Gasteiger partial charge in [0.05, 0.1) is 0 Å². The zero-order valence-electron chi connectivity index (χ0n) is 31.8. The molecule has 8 heteroatoms. The van der Waals surface area contributed by atoms with E-state index >= 15 is 0 Å². The molecule has 0 saturated heterocycles. The van der Waals surface area contributed by atoms with E-state index in [4.69, 9.17) is 17.2 Å². The van der Waals surface area contributed by atoms with Crippen molar-refractivity contribution < 1.29 is 25.5 Å². The monoisotopic (exact) mass is 939 g/mol. The van der Waals surface area contributed by atoms with Crippen LogP contribution in [0.15, 0.2) is 133 Å². The number of allylic oxidation sites excluding steroid dienone is 2. The van der Waals surface area contributed by atoms with Crippen molar-refractivity contribution in [1.82, 2.24) is 10.5 Å². The van der Waals surface area contributed by atoms with E-state index in [1.54, 1.807) is 0 Å². The van der Waals surface area contributed by atoms with E-state index < -0.39 is 27.8 Å². The minimum atomic E-state index is -6.35. The van der Waals surface area contributed by atoms with Gasteiger partial charge in [0.25, 0.3) is 0 Å². The summed E-state index contributed by atoms with van der Waals surface area (Å²) in [4.78, 5) is 25.5. The molecule has 6 aromatic rings. The number of rotatable bonds is 11. The van der Waals surface area contributed by atoms with Crippen molar-refractivity contribution in [2.24, 2.45) is 0 Å². The number of fused-ring (bicyclic) bond motifs is 2. The summed E-state index contributed by atoms with van der Waals surface area (Å²) in [6.45, 7) is 8.58. The van der Waals surface area contributed by atoms with E-state index in [0.717, 1.165) is 66.8 Å². The summed E-state index contributed by atoms with van der Waals surface area (Å²) in [5, 5.41) is 6.01. The fraction of sp³-hybridized carbons (Fsp3) is 0.125. The molecule has 2 N–H and O–H groups in total. The van der Waals surface area contributed by atoms with Crippen LogP contribution in [0, 0.1) is 27.7 Å². The summed E-state index contributed by atoms with van der Waals surface area (Å²) < 4.78 is -2.17. The van der Waals surface area contributed by atoms with E-state index in [9.17, 15) is 9.59 Å². The molecule has 0 radical (unpaired) electrons. The van der Waals surface area contributed by atoms with Crippen LogP contribution in [-0.2, 0) is 25.5 Å². The summed E-state index contributed by atoms with van der Waals surface area (Å²) in [5.41, 5.74) is 17.2. The molecule has 0 aliphatic heterocycles. The van der Waals surface area contributed by atoms with Gasteiger partial charge in [-0.15, -0.1) is 0 Å². The third-order valence-corrected chi connectivity index (χ3v) is 40.5. The maximum absolute atomic E-state index is 12.7. The van der Waals surface area contributed by atoms with Crippen LogP contribution in [0.2, 0.25) is 0 Å². The molecule has 6 aromatic carbocycles. The van der Waals surface area contributed by atoms with Crippen molar-refractivity contribution in [2.75, 3.05) is 0 Å². The van der Waals surface area contributed by atoms with Gasteiger partial charge < -0.3 is 0 Å². The van der Waals surface area contributed by atoms with Crippen molar-refractivity contribution >= 4 is 57.8 Å². The number of benzene rings is 6. The molecule has 0 fully saturated rings. The summed E-state index contributed by atoms with van der Waals surface area (Å²) in [5.74, 6) is 0. The van der Waals surface area contributed by atoms with Gasteiger partial charge in [0.15, 0.2) is 0 Å². The van der Waals surface area contributed by atoms with Gasteiger partial charge in [-0.05, 0) is 0 Å². The summed E-state index contributed by atoms with van der Waals surface area (Å²) >= 11 is -6.35. The van der Waals surface area contributed by atoms with Gasteiger partial charge in [0.1, 0.15) is 0 Å². The Bertz CT molecular complexity index is 2410. The van der Waals surface area contributed by atoms with Crippen LogP contribution in [0.3, 0.4) is 0 Å². The maximum atomic E-state index is 12.7. The van der Waals surface area contributed by atoms with Crippen LogP contribution in [-0.4, -0.2) is 17.4 Å². The zero-order chi connectivity index (χ0) is 39.2. The van der Waals surface area contributed by atoms with Gasteiger partial charge >= 0.3 is 340 Å². The van der Waals surface area contributed by atoms with Crippen LogP contribution in [0.25, 0.3) is 45.6 Å². The molecule has 2 aliphatic rings. The summed E-state index contributed by atoms with van der Waals surface area (Å²) in [6.07, 6.45) is 5.73. The predicted molar refractivity (Wildman–Crippen MR) is 233 cm³/mol. The molecule has 0 bridgehead atoms. The van der Waals surface area contributed by atoms with Crippen LogP contribution < -0.4 is 10.5 Å². The molecule has 2 atom stereocenters. The van der Waals surface area contributed by atoms with Crippen molar-refractivity contribution in [1.29, 1.82) is 0 Å². The molecule has 2 aliphatic carbocycles. The Labute approximate surface area is 337 Å². The third-order valence-electron chi connectivity index (χ3n) is 12.3. The predicted octanol–water partition coefficient (Wildman–Crippen LogP) is 11.6. The number of carbonyl (C=O) groups is 2. The average molecular weight is 939 g/mol. The number of nitrogens with one attached hydrogen (secondary N) is 2. The van der Waals surface area contributed by atoms with Crippen LogP contribution >= 0.6 is 17.2 Å². The van der Waals surface area contributed by atoms with Crippen LogP contribution in [0.1, 0.15) is 63.0 Å². The second kappa shape index (κ2) is 15.0. The third kappa shape index (κ3) is 6.09. The van der Waals surface area contributed by atoms with E-state index in [2.05, 4.69) is 147 Å². The van der Waals surface area contributed by atoms with Gasteiger partial charge in [-0.25, -0.2) is 0 Å². The fourth-order valence-corrected chi connectivity index (χ4v) is 37.6. The van der Waals surface area contributed by atoms with Crippen molar-refractivity contribution in [3.8, 4) is 22.3 Å². The normalized spacial score (nSPS) is 16.4. The van der Waals surface area contributed by atoms with E-state index in [-0.39, 0.29) is 0 Å². The Balaban J connectivity index is 1.49. The van der Waals surface area contributed by atoms with Gasteiger partial charge in [-0.3, -0.25) is 0 Å².